The van der Waals surface area contributed by atoms with Gasteiger partial charge in [-0.2, -0.15) is 13.2 Å². The van der Waals surface area contributed by atoms with E-state index in [1.165, 1.54) is 24.5 Å². The SMILES string of the molecule is O=C(NC1CCN(C(=O)c2ccco2)CC1)c1cn(-c2ccccc2C(F)(F)F)nn1. The van der Waals surface area contributed by atoms with E-state index in [9.17, 15) is 22.8 Å². The predicted molar refractivity (Wildman–Crippen MR) is 101 cm³/mol. The van der Waals surface area contributed by atoms with Gasteiger partial charge in [0, 0.05) is 19.1 Å². The van der Waals surface area contributed by atoms with Crippen LogP contribution in [0.15, 0.2) is 53.3 Å². The minimum Gasteiger partial charge on any atom is -0.459 e. The van der Waals surface area contributed by atoms with Gasteiger partial charge in [0.1, 0.15) is 0 Å². The normalized spacial score (nSPS) is 15.1. The molecule has 0 aliphatic carbocycles. The summed E-state index contributed by atoms with van der Waals surface area (Å²) in [4.78, 5) is 26.4. The highest BCUT2D eigenvalue weighted by Gasteiger charge is 2.34. The summed E-state index contributed by atoms with van der Waals surface area (Å²) in [6.07, 6.45) is -0.908. The Morgan fingerprint density at radius 1 is 1.10 bits per heavy atom. The van der Waals surface area contributed by atoms with Crippen molar-refractivity contribution in [3.8, 4) is 5.69 Å². The predicted octanol–water partition coefficient (Wildman–Crippen LogP) is 2.91. The molecule has 0 bridgehead atoms. The van der Waals surface area contributed by atoms with Crippen molar-refractivity contribution in [1.29, 1.82) is 0 Å². The summed E-state index contributed by atoms with van der Waals surface area (Å²) in [6.45, 7) is 0.881. The summed E-state index contributed by atoms with van der Waals surface area (Å²) in [5.41, 5.74) is -1.18. The molecule has 1 aliphatic heterocycles. The van der Waals surface area contributed by atoms with Gasteiger partial charge in [0.05, 0.1) is 23.7 Å². The third kappa shape index (κ3) is 4.44. The van der Waals surface area contributed by atoms with E-state index in [-0.39, 0.29) is 29.1 Å². The lowest BCUT2D eigenvalue weighted by Crippen LogP contribution is -2.46. The van der Waals surface area contributed by atoms with Gasteiger partial charge in [0.15, 0.2) is 11.5 Å². The monoisotopic (exact) mass is 433 g/mol. The Balaban J connectivity index is 1.38. The minimum atomic E-state index is -4.56. The molecule has 1 saturated heterocycles. The first-order valence-corrected chi connectivity index (χ1v) is 9.55. The number of amides is 2. The van der Waals surface area contributed by atoms with Gasteiger partial charge in [0.25, 0.3) is 11.8 Å². The molecule has 4 rings (SSSR count). The highest BCUT2D eigenvalue weighted by atomic mass is 19.4. The number of aromatic nitrogens is 3. The Morgan fingerprint density at radius 2 is 1.84 bits per heavy atom. The van der Waals surface area contributed by atoms with Gasteiger partial charge in [0.2, 0.25) is 0 Å². The first-order chi connectivity index (χ1) is 14.8. The maximum absolute atomic E-state index is 13.2. The van der Waals surface area contributed by atoms with Crippen molar-refractivity contribution in [2.45, 2.75) is 25.1 Å². The molecule has 1 aromatic carbocycles. The maximum atomic E-state index is 13.2. The maximum Gasteiger partial charge on any atom is 0.418 e. The zero-order valence-corrected chi connectivity index (χ0v) is 16.2. The molecule has 11 heteroatoms. The summed E-state index contributed by atoms with van der Waals surface area (Å²) in [7, 11) is 0. The fourth-order valence-electron chi connectivity index (χ4n) is 3.44. The Kier molecular flexibility index (Phi) is 5.49. The van der Waals surface area contributed by atoms with E-state index in [1.807, 2.05) is 0 Å². The highest BCUT2D eigenvalue weighted by molar-refractivity contribution is 5.92. The fraction of sp³-hybridized carbons (Fsp3) is 0.300. The van der Waals surface area contributed by atoms with Crippen molar-refractivity contribution in [2.24, 2.45) is 0 Å². The number of hydrogen-bond donors (Lipinski definition) is 1. The summed E-state index contributed by atoms with van der Waals surface area (Å²) in [6, 6.07) is 7.96. The van der Waals surface area contributed by atoms with Crippen molar-refractivity contribution in [3.63, 3.8) is 0 Å². The number of nitrogens with zero attached hydrogens (tertiary/aromatic N) is 4. The molecule has 0 spiro atoms. The molecule has 0 atom stereocenters. The molecule has 8 nitrogen and oxygen atoms in total. The molecule has 1 N–H and O–H groups in total. The molecule has 1 aliphatic rings. The molecule has 3 heterocycles. The van der Waals surface area contributed by atoms with Crippen molar-refractivity contribution >= 4 is 11.8 Å². The van der Waals surface area contributed by atoms with E-state index < -0.39 is 17.6 Å². The molecule has 162 valence electrons. The number of carbonyl (C=O) groups is 2. The van der Waals surface area contributed by atoms with Gasteiger partial charge in [-0.3, -0.25) is 9.59 Å². The number of hydrogen-bond acceptors (Lipinski definition) is 5. The van der Waals surface area contributed by atoms with Crippen molar-refractivity contribution in [1.82, 2.24) is 25.2 Å². The zero-order valence-electron chi connectivity index (χ0n) is 16.2. The van der Waals surface area contributed by atoms with Crippen molar-refractivity contribution in [3.05, 3.63) is 65.9 Å². The minimum absolute atomic E-state index is 0.0916. The first kappa shape index (κ1) is 20.6. The Hall–Kier alpha value is -3.63. The second kappa shape index (κ2) is 8.25. The Morgan fingerprint density at radius 3 is 2.52 bits per heavy atom. The van der Waals surface area contributed by atoms with Crippen LogP contribution in [-0.2, 0) is 6.18 Å². The summed E-state index contributed by atoms with van der Waals surface area (Å²) in [5, 5.41) is 10.2. The second-order valence-electron chi connectivity index (χ2n) is 7.08. The quantitative estimate of drug-likeness (QED) is 0.683. The van der Waals surface area contributed by atoms with Crippen LogP contribution < -0.4 is 5.32 Å². The largest absolute Gasteiger partial charge is 0.459 e. The molecule has 2 amide bonds. The van der Waals surface area contributed by atoms with Crippen LogP contribution in [0.4, 0.5) is 13.2 Å². The number of alkyl halides is 3. The third-order valence-electron chi connectivity index (χ3n) is 5.03. The zero-order chi connectivity index (χ0) is 22.0. The molecular formula is C20H18F3N5O3. The van der Waals surface area contributed by atoms with E-state index in [4.69, 9.17) is 4.42 Å². The molecule has 0 saturated carbocycles. The number of halogens is 3. The van der Waals surface area contributed by atoms with E-state index >= 15 is 0 Å². The van der Waals surface area contributed by atoms with Crippen LogP contribution in [-0.4, -0.2) is 50.8 Å². The number of piperidine rings is 1. The van der Waals surface area contributed by atoms with Gasteiger partial charge in [-0.05, 0) is 37.1 Å². The number of benzene rings is 1. The number of para-hydroxylation sites is 1. The Labute approximate surface area is 174 Å². The van der Waals surface area contributed by atoms with E-state index in [0.29, 0.717) is 25.9 Å². The second-order valence-corrected chi connectivity index (χ2v) is 7.08. The molecule has 0 unspecified atom stereocenters. The van der Waals surface area contributed by atoms with Crippen LogP contribution >= 0.6 is 0 Å². The number of likely N-dealkylation sites (tertiary alicyclic amines) is 1. The van der Waals surface area contributed by atoms with Crippen LogP contribution in [0.3, 0.4) is 0 Å². The summed E-state index contributed by atoms with van der Waals surface area (Å²) >= 11 is 0. The lowest BCUT2D eigenvalue weighted by atomic mass is 10.0. The van der Waals surface area contributed by atoms with Crippen LogP contribution in [0, 0.1) is 0 Å². The number of nitrogens with one attached hydrogen (secondary N) is 1. The van der Waals surface area contributed by atoms with Crippen LogP contribution in [0.5, 0.6) is 0 Å². The average molecular weight is 433 g/mol. The molecule has 2 aromatic heterocycles. The van der Waals surface area contributed by atoms with Gasteiger partial charge < -0.3 is 14.6 Å². The van der Waals surface area contributed by atoms with E-state index in [2.05, 4.69) is 15.6 Å². The van der Waals surface area contributed by atoms with Crippen LogP contribution in [0.1, 0.15) is 39.4 Å². The molecule has 0 radical (unpaired) electrons. The number of rotatable bonds is 4. The number of carbonyl (C=O) groups excluding carboxylic acids is 2. The van der Waals surface area contributed by atoms with E-state index in [1.54, 1.807) is 17.0 Å². The highest BCUT2D eigenvalue weighted by Crippen LogP contribution is 2.33. The van der Waals surface area contributed by atoms with Crippen LogP contribution in [0.25, 0.3) is 5.69 Å². The summed E-state index contributed by atoms with van der Waals surface area (Å²) in [5.74, 6) is -0.481. The van der Waals surface area contributed by atoms with Gasteiger partial charge >= 0.3 is 6.18 Å². The molecule has 31 heavy (non-hydrogen) atoms. The number of furan rings is 1. The lowest BCUT2D eigenvalue weighted by molar-refractivity contribution is -0.137. The summed E-state index contributed by atoms with van der Waals surface area (Å²) < 4.78 is 45.7. The topological polar surface area (TPSA) is 93.3 Å². The van der Waals surface area contributed by atoms with Gasteiger partial charge in [-0.15, -0.1) is 5.10 Å². The third-order valence-corrected chi connectivity index (χ3v) is 5.03. The molecule has 1 fully saturated rings. The van der Waals surface area contributed by atoms with E-state index in [0.717, 1.165) is 16.9 Å². The van der Waals surface area contributed by atoms with Gasteiger partial charge in [-0.25, -0.2) is 4.68 Å². The first-order valence-electron chi connectivity index (χ1n) is 9.55. The Bertz CT molecular complexity index is 1070. The van der Waals surface area contributed by atoms with Gasteiger partial charge in [-0.1, -0.05) is 17.3 Å². The lowest BCUT2D eigenvalue weighted by Gasteiger charge is -2.31. The van der Waals surface area contributed by atoms with Crippen molar-refractivity contribution < 1.29 is 27.2 Å². The standard InChI is InChI=1S/C20H18F3N5O3/c21-20(22,23)14-4-1-2-5-16(14)28-12-15(25-26-28)18(29)24-13-7-9-27(10-8-13)19(30)17-6-3-11-31-17/h1-6,11-13H,7-10H2,(H,24,29). The smallest absolute Gasteiger partial charge is 0.418 e. The molecular weight excluding hydrogens is 415 g/mol. The molecule has 3 aromatic rings. The average Bonchev–Trinajstić information content (AvgIpc) is 3.46. The fourth-order valence-corrected chi connectivity index (χ4v) is 3.44. The van der Waals surface area contributed by atoms with Crippen LogP contribution in [0.2, 0.25) is 0 Å². The van der Waals surface area contributed by atoms with Crippen molar-refractivity contribution in [2.75, 3.05) is 13.1 Å².